The molecule has 1 aliphatic rings. The summed E-state index contributed by atoms with van der Waals surface area (Å²) in [5.74, 6) is -0.496. The van der Waals surface area contributed by atoms with Crippen molar-refractivity contribution in [1.82, 2.24) is 15.1 Å². The summed E-state index contributed by atoms with van der Waals surface area (Å²) in [4.78, 5) is 14.1. The van der Waals surface area contributed by atoms with Gasteiger partial charge in [-0.2, -0.15) is 10.2 Å². The lowest BCUT2D eigenvalue weighted by atomic mass is 9.94. The van der Waals surface area contributed by atoms with E-state index >= 15 is 0 Å². The van der Waals surface area contributed by atoms with Crippen molar-refractivity contribution in [2.45, 2.75) is 31.7 Å². The third kappa shape index (κ3) is 2.47. The Kier molecular flexibility index (Phi) is 3.43. The molecule has 1 aromatic carbocycles. The number of benzene rings is 1. The average Bonchev–Trinajstić information content (AvgIpc) is 2.71. The number of aromatic nitrogens is 2. The third-order valence-electron chi connectivity index (χ3n) is 4.40. The second kappa shape index (κ2) is 5.16. The Balaban J connectivity index is 1.88. The Morgan fingerprint density at radius 2 is 2.00 bits per heavy atom. The summed E-state index contributed by atoms with van der Waals surface area (Å²) in [5, 5.41) is 8.35. The summed E-state index contributed by atoms with van der Waals surface area (Å²) < 4.78 is 13.3. The van der Waals surface area contributed by atoms with Gasteiger partial charge in [-0.05, 0) is 44.5 Å². The summed E-state index contributed by atoms with van der Waals surface area (Å²) in [6, 6.07) is 9.82. The molecular formula is C17H18FN3O. The van der Waals surface area contributed by atoms with Crippen molar-refractivity contribution in [3.63, 3.8) is 0 Å². The van der Waals surface area contributed by atoms with Gasteiger partial charge in [0.2, 0.25) is 5.91 Å². The van der Waals surface area contributed by atoms with E-state index < -0.39 is 0 Å². The van der Waals surface area contributed by atoms with Crippen LogP contribution in [0, 0.1) is 5.82 Å². The predicted octanol–water partition coefficient (Wildman–Crippen LogP) is 3.01. The van der Waals surface area contributed by atoms with Gasteiger partial charge in [-0.15, -0.1) is 0 Å². The fraction of sp³-hybridized carbons (Fsp3) is 0.353. The molecule has 1 fully saturated rings. The molecule has 22 heavy (non-hydrogen) atoms. The SMILES string of the molecule is CN1C(=O)C(c2ccc(-c3cccc(F)c3)nn2)CC1(C)C. The molecule has 0 aliphatic carbocycles. The van der Waals surface area contributed by atoms with Crippen molar-refractivity contribution >= 4 is 5.91 Å². The first-order valence-electron chi connectivity index (χ1n) is 7.26. The van der Waals surface area contributed by atoms with Crippen LogP contribution in [0.4, 0.5) is 4.39 Å². The first-order valence-corrected chi connectivity index (χ1v) is 7.26. The maximum Gasteiger partial charge on any atom is 0.232 e. The molecule has 114 valence electrons. The molecule has 0 saturated carbocycles. The predicted molar refractivity (Wildman–Crippen MR) is 81.6 cm³/mol. The van der Waals surface area contributed by atoms with E-state index in [1.807, 2.05) is 27.0 Å². The number of likely N-dealkylation sites (tertiary alicyclic amines) is 1. The van der Waals surface area contributed by atoms with Crippen molar-refractivity contribution in [2.75, 3.05) is 7.05 Å². The smallest absolute Gasteiger partial charge is 0.232 e. The highest BCUT2D eigenvalue weighted by atomic mass is 19.1. The Morgan fingerprint density at radius 3 is 2.55 bits per heavy atom. The minimum absolute atomic E-state index is 0.0674. The molecule has 1 atom stereocenters. The van der Waals surface area contributed by atoms with E-state index in [1.54, 1.807) is 23.1 Å². The molecule has 4 nitrogen and oxygen atoms in total. The fourth-order valence-corrected chi connectivity index (χ4v) is 2.82. The minimum atomic E-state index is -0.308. The van der Waals surface area contributed by atoms with Crippen LogP contribution in [0.3, 0.4) is 0 Å². The second-order valence-electron chi connectivity index (χ2n) is 6.32. The van der Waals surface area contributed by atoms with E-state index in [0.717, 1.165) is 6.42 Å². The van der Waals surface area contributed by atoms with Gasteiger partial charge in [0, 0.05) is 18.2 Å². The van der Waals surface area contributed by atoms with Gasteiger partial charge in [-0.25, -0.2) is 4.39 Å². The van der Waals surface area contributed by atoms with E-state index in [9.17, 15) is 9.18 Å². The highest BCUT2D eigenvalue weighted by Gasteiger charge is 2.44. The van der Waals surface area contributed by atoms with Crippen LogP contribution in [0.15, 0.2) is 36.4 Å². The van der Waals surface area contributed by atoms with E-state index in [2.05, 4.69) is 10.2 Å². The van der Waals surface area contributed by atoms with E-state index in [4.69, 9.17) is 0 Å². The van der Waals surface area contributed by atoms with Crippen molar-refractivity contribution in [2.24, 2.45) is 0 Å². The van der Waals surface area contributed by atoms with Crippen LogP contribution in [-0.2, 0) is 4.79 Å². The highest BCUT2D eigenvalue weighted by molar-refractivity contribution is 5.86. The van der Waals surface area contributed by atoms with Crippen molar-refractivity contribution in [3.05, 3.63) is 47.9 Å². The lowest BCUT2D eigenvalue weighted by molar-refractivity contribution is -0.130. The molecule has 2 aromatic rings. The van der Waals surface area contributed by atoms with Gasteiger partial charge in [0.15, 0.2) is 0 Å². The van der Waals surface area contributed by atoms with Crippen LogP contribution in [0.5, 0.6) is 0 Å². The lowest BCUT2D eigenvalue weighted by Crippen LogP contribution is -2.37. The largest absolute Gasteiger partial charge is 0.340 e. The van der Waals surface area contributed by atoms with Gasteiger partial charge in [0.25, 0.3) is 0 Å². The maximum absolute atomic E-state index is 13.3. The number of carbonyl (C=O) groups is 1. The van der Waals surface area contributed by atoms with Crippen molar-refractivity contribution in [1.29, 1.82) is 0 Å². The first kappa shape index (κ1) is 14.6. The van der Waals surface area contributed by atoms with Gasteiger partial charge in [0.1, 0.15) is 5.82 Å². The Morgan fingerprint density at radius 1 is 1.23 bits per heavy atom. The van der Waals surface area contributed by atoms with Crippen molar-refractivity contribution in [3.8, 4) is 11.3 Å². The molecule has 0 N–H and O–H groups in total. The molecule has 1 aliphatic heterocycles. The van der Waals surface area contributed by atoms with E-state index in [1.165, 1.54) is 12.1 Å². The fourth-order valence-electron chi connectivity index (χ4n) is 2.82. The van der Waals surface area contributed by atoms with Crippen molar-refractivity contribution < 1.29 is 9.18 Å². The van der Waals surface area contributed by atoms with Gasteiger partial charge in [-0.1, -0.05) is 12.1 Å². The Bertz CT molecular complexity index is 712. The van der Waals surface area contributed by atoms with Gasteiger partial charge in [-0.3, -0.25) is 4.79 Å². The number of halogens is 1. The first-order chi connectivity index (χ1) is 10.4. The molecule has 3 rings (SSSR count). The Labute approximate surface area is 129 Å². The summed E-state index contributed by atoms with van der Waals surface area (Å²) in [6.45, 7) is 4.08. The molecule has 0 spiro atoms. The van der Waals surface area contributed by atoms with Crippen LogP contribution in [0.2, 0.25) is 0 Å². The zero-order valence-electron chi connectivity index (χ0n) is 12.9. The van der Waals surface area contributed by atoms with Gasteiger partial charge in [0.05, 0.1) is 17.3 Å². The van der Waals surface area contributed by atoms with Crippen LogP contribution in [0.1, 0.15) is 31.9 Å². The Hall–Kier alpha value is -2.30. The zero-order valence-corrected chi connectivity index (χ0v) is 12.9. The van der Waals surface area contributed by atoms with Gasteiger partial charge >= 0.3 is 0 Å². The molecule has 2 heterocycles. The van der Waals surface area contributed by atoms with E-state index in [0.29, 0.717) is 17.0 Å². The van der Waals surface area contributed by atoms with Crippen LogP contribution >= 0.6 is 0 Å². The third-order valence-corrected chi connectivity index (χ3v) is 4.40. The summed E-state index contributed by atoms with van der Waals surface area (Å²) in [7, 11) is 1.82. The van der Waals surface area contributed by atoms with Crippen LogP contribution in [0.25, 0.3) is 11.3 Å². The van der Waals surface area contributed by atoms with Crippen LogP contribution in [-0.4, -0.2) is 33.6 Å². The van der Waals surface area contributed by atoms with Crippen LogP contribution < -0.4 is 0 Å². The minimum Gasteiger partial charge on any atom is -0.340 e. The molecule has 1 saturated heterocycles. The number of hydrogen-bond donors (Lipinski definition) is 0. The normalized spacial score (nSPS) is 20.5. The second-order valence-corrected chi connectivity index (χ2v) is 6.32. The molecule has 1 aromatic heterocycles. The number of hydrogen-bond acceptors (Lipinski definition) is 3. The zero-order chi connectivity index (χ0) is 15.9. The number of nitrogens with zero attached hydrogens (tertiary/aromatic N) is 3. The number of carbonyl (C=O) groups excluding carboxylic acids is 1. The average molecular weight is 299 g/mol. The van der Waals surface area contributed by atoms with Gasteiger partial charge < -0.3 is 4.90 Å². The number of amides is 1. The quantitative estimate of drug-likeness (QED) is 0.856. The number of likely N-dealkylation sites (N-methyl/N-ethyl adjacent to an activating group) is 1. The standard InChI is InChI=1S/C17H18FN3O/c1-17(2)10-13(16(22)21(17)3)15-8-7-14(19-20-15)11-5-4-6-12(18)9-11/h4-9,13H,10H2,1-3H3. The maximum atomic E-state index is 13.3. The molecule has 5 heteroatoms. The number of rotatable bonds is 2. The molecule has 0 radical (unpaired) electrons. The molecule has 1 amide bonds. The monoisotopic (exact) mass is 299 g/mol. The summed E-state index contributed by atoms with van der Waals surface area (Å²) in [6.07, 6.45) is 0.719. The summed E-state index contributed by atoms with van der Waals surface area (Å²) in [5.41, 5.74) is 1.77. The topological polar surface area (TPSA) is 46.1 Å². The summed E-state index contributed by atoms with van der Waals surface area (Å²) >= 11 is 0. The lowest BCUT2D eigenvalue weighted by Gasteiger charge is -2.26. The van der Waals surface area contributed by atoms with E-state index in [-0.39, 0.29) is 23.2 Å². The molecular weight excluding hydrogens is 281 g/mol. The molecule has 1 unspecified atom stereocenters. The molecule has 0 bridgehead atoms. The highest BCUT2D eigenvalue weighted by Crippen LogP contribution is 2.37.